The van der Waals surface area contributed by atoms with Crippen molar-refractivity contribution in [2.45, 2.75) is 57.8 Å². The molecular formula is C13H24N2O4. The minimum Gasteiger partial charge on any atom is -0.468 e. The Balaban J connectivity index is 2.70. The van der Waals surface area contributed by atoms with E-state index in [2.05, 4.69) is 5.32 Å². The molecule has 1 heterocycles. The molecule has 1 amide bonds. The Morgan fingerprint density at radius 3 is 2.63 bits per heavy atom. The molecule has 6 nitrogen and oxygen atoms in total. The minimum atomic E-state index is -0.594. The van der Waals surface area contributed by atoms with E-state index >= 15 is 0 Å². The number of β-amino-alcohol motifs (C(OH)–C–C–N with tert-alkyl or cyclic N) is 1. The highest BCUT2D eigenvalue weighted by atomic mass is 16.5. The largest absolute Gasteiger partial charge is 0.468 e. The first-order valence-corrected chi connectivity index (χ1v) is 6.72. The van der Waals surface area contributed by atoms with Crippen LogP contribution in [0.25, 0.3) is 0 Å². The number of amides is 1. The molecule has 110 valence electrons. The molecule has 2 N–H and O–H groups in total. The van der Waals surface area contributed by atoms with E-state index in [1.165, 1.54) is 7.11 Å². The fourth-order valence-corrected chi connectivity index (χ4v) is 2.25. The van der Waals surface area contributed by atoms with Crippen LogP contribution in [0.15, 0.2) is 0 Å². The third-order valence-corrected chi connectivity index (χ3v) is 3.67. The average molecular weight is 272 g/mol. The number of hydrogen-bond acceptors (Lipinski definition) is 5. The molecule has 0 saturated carbocycles. The third-order valence-electron chi connectivity index (χ3n) is 3.67. The van der Waals surface area contributed by atoms with Crippen LogP contribution in [0.2, 0.25) is 0 Å². The molecule has 4 unspecified atom stereocenters. The van der Waals surface area contributed by atoms with E-state index in [0.717, 1.165) is 6.42 Å². The monoisotopic (exact) mass is 272 g/mol. The van der Waals surface area contributed by atoms with E-state index in [-0.39, 0.29) is 11.9 Å². The van der Waals surface area contributed by atoms with Crippen LogP contribution in [-0.2, 0) is 14.3 Å². The number of ether oxygens (including phenoxy) is 1. The number of carbonyl (C=O) groups is 2. The first-order chi connectivity index (χ1) is 8.90. The zero-order valence-electron chi connectivity index (χ0n) is 12.0. The molecule has 0 aromatic carbocycles. The van der Waals surface area contributed by atoms with Crippen LogP contribution in [0.5, 0.6) is 0 Å². The smallest absolute Gasteiger partial charge is 0.323 e. The third kappa shape index (κ3) is 3.91. The van der Waals surface area contributed by atoms with Gasteiger partial charge in [0.15, 0.2) is 0 Å². The number of rotatable bonds is 5. The second-order valence-corrected chi connectivity index (χ2v) is 5.12. The number of nitrogens with zero attached hydrogens (tertiary/aromatic N) is 1. The van der Waals surface area contributed by atoms with Gasteiger partial charge in [-0.1, -0.05) is 6.92 Å². The van der Waals surface area contributed by atoms with Gasteiger partial charge in [0.25, 0.3) is 0 Å². The molecule has 0 bridgehead atoms. The number of carbonyl (C=O) groups excluding carboxylic acids is 2. The summed E-state index contributed by atoms with van der Waals surface area (Å²) in [6, 6.07) is -0.910. The van der Waals surface area contributed by atoms with Gasteiger partial charge in [0.05, 0.1) is 19.3 Å². The summed E-state index contributed by atoms with van der Waals surface area (Å²) < 4.78 is 4.72. The summed E-state index contributed by atoms with van der Waals surface area (Å²) >= 11 is 0. The van der Waals surface area contributed by atoms with Gasteiger partial charge in [0.1, 0.15) is 6.04 Å². The van der Waals surface area contributed by atoms with Crippen LogP contribution in [0.3, 0.4) is 0 Å². The van der Waals surface area contributed by atoms with E-state index in [4.69, 9.17) is 4.74 Å². The molecule has 0 aromatic rings. The molecule has 0 aromatic heterocycles. The lowest BCUT2D eigenvalue weighted by Crippen LogP contribution is -2.51. The molecule has 4 atom stereocenters. The lowest BCUT2D eigenvalue weighted by molar-refractivity contribution is -0.147. The van der Waals surface area contributed by atoms with E-state index in [9.17, 15) is 14.7 Å². The van der Waals surface area contributed by atoms with E-state index in [0.29, 0.717) is 13.0 Å². The Morgan fingerprint density at radius 2 is 2.11 bits per heavy atom. The number of nitrogens with one attached hydrogen (secondary N) is 1. The maximum absolute atomic E-state index is 12.1. The van der Waals surface area contributed by atoms with Gasteiger partial charge in [0, 0.05) is 19.0 Å². The van der Waals surface area contributed by atoms with Crippen LogP contribution < -0.4 is 5.32 Å². The predicted octanol–water partition coefficient (Wildman–Crippen LogP) is -0.102. The number of likely N-dealkylation sites (tertiary alicyclic amines) is 1. The number of hydrogen-bond donors (Lipinski definition) is 2. The molecule has 1 aliphatic heterocycles. The van der Waals surface area contributed by atoms with Gasteiger partial charge in [-0.3, -0.25) is 14.5 Å². The van der Waals surface area contributed by atoms with Crippen molar-refractivity contribution in [3.63, 3.8) is 0 Å². The average Bonchev–Trinajstić information content (AvgIpc) is 2.78. The fraction of sp³-hybridized carbons (Fsp3) is 0.846. The highest BCUT2D eigenvalue weighted by Gasteiger charge is 2.41. The summed E-state index contributed by atoms with van der Waals surface area (Å²) in [5, 5.41) is 12.6. The zero-order chi connectivity index (χ0) is 14.6. The predicted molar refractivity (Wildman–Crippen MR) is 70.5 cm³/mol. The lowest BCUT2D eigenvalue weighted by atomic mass is 10.1. The fourth-order valence-electron chi connectivity index (χ4n) is 2.25. The van der Waals surface area contributed by atoms with Gasteiger partial charge >= 0.3 is 5.97 Å². The van der Waals surface area contributed by atoms with Crippen molar-refractivity contribution >= 4 is 11.9 Å². The SMILES string of the molecule is CCC(C)NC(=O)C(C)N1CC(O)CC1C(=O)OC. The summed E-state index contributed by atoms with van der Waals surface area (Å²) in [6.07, 6.45) is 0.567. The zero-order valence-corrected chi connectivity index (χ0v) is 12.0. The molecule has 1 aliphatic rings. The van der Waals surface area contributed by atoms with Crippen molar-refractivity contribution < 1.29 is 19.4 Å². The number of methoxy groups -OCH3 is 1. The quantitative estimate of drug-likeness (QED) is 0.683. The topological polar surface area (TPSA) is 78.9 Å². The normalized spacial score (nSPS) is 26.8. The highest BCUT2D eigenvalue weighted by molar-refractivity contribution is 5.83. The van der Waals surface area contributed by atoms with Crippen LogP contribution in [0.1, 0.15) is 33.6 Å². The summed E-state index contributed by atoms with van der Waals surface area (Å²) in [4.78, 5) is 25.4. The molecule has 0 spiro atoms. The molecule has 19 heavy (non-hydrogen) atoms. The van der Waals surface area contributed by atoms with E-state index < -0.39 is 24.2 Å². The number of esters is 1. The first-order valence-electron chi connectivity index (χ1n) is 6.72. The van der Waals surface area contributed by atoms with Crippen molar-refractivity contribution in [2.75, 3.05) is 13.7 Å². The minimum absolute atomic E-state index is 0.0963. The summed E-state index contributed by atoms with van der Waals surface area (Å²) in [7, 11) is 1.31. The van der Waals surface area contributed by atoms with Crippen molar-refractivity contribution in [2.24, 2.45) is 0 Å². The molecule has 0 radical (unpaired) electrons. The van der Waals surface area contributed by atoms with E-state index in [1.54, 1.807) is 11.8 Å². The van der Waals surface area contributed by atoms with Crippen molar-refractivity contribution in [1.29, 1.82) is 0 Å². The summed E-state index contributed by atoms with van der Waals surface area (Å²) in [5.41, 5.74) is 0. The van der Waals surface area contributed by atoms with Gasteiger partial charge in [-0.25, -0.2) is 0 Å². The Bertz CT molecular complexity index is 335. The second kappa shape index (κ2) is 6.86. The van der Waals surface area contributed by atoms with Crippen LogP contribution in [-0.4, -0.2) is 59.8 Å². The van der Waals surface area contributed by atoms with Crippen LogP contribution in [0, 0.1) is 0 Å². The second-order valence-electron chi connectivity index (χ2n) is 5.12. The van der Waals surface area contributed by atoms with E-state index in [1.807, 2.05) is 13.8 Å². The van der Waals surface area contributed by atoms with Gasteiger partial charge in [-0.2, -0.15) is 0 Å². The molecule has 1 rings (SSSR count). The molecule has 1 fully saturated rings. The van der Waals surface area contributed by atoms with Gasteiger partial charge < -0.3 is 15.2 Å². The lowest BCUT2D eigenvalue weighted by Gasteiger charge is -2.28. The van der Waals surface area contributed by atoms with Gasteiger partial charge in [-0.15, -0.1) is 0 Å². The standard InChI is InChI=1S/C13H24N2O4/c1-5-8(2)14-12(17)9(3)15-7-10(16)6-11(15)13(18)19-4/h8-11,16H,5-7H2,1-4H3,(H,14,17). The van der Waals surface area contributed by atoms with Gasteiger partial charge in [-0.05, 0) is 20.3 Å². The molecule has 6 heteroatoms. The van der Waals surface area contributed by atoms with Crippen molar-refractivity contribution in [1.82, 2.24) is 10.2 Å². The van der Waals surface area contributed by atoms with Gasteiger partial charge in [0.2, 0.25) is 5.91 Å². The number of aliphatic hydroxyl groups excluding tert-OH is 1. The van der Waals surface area contributed by atoms with Crippen LogP contribution >= 0.6 is 0 Å². The summed E-state index contributed by atoms with van der Waals surface area (Å²) in [5.74, 6) is -0.530. The molecule has 1 saturated heterocycles. The van der Waals surface area contributed by atoms with Crippen molar-refractivity contribution in [3.8, 4) is 0 Å². The first kappa shape index (κ1) is 15.9. The van der Waals surface area contributed by atoms with Crippen molar-refractivity contribution in [3.05, 3.63) is 0 Å². The maximum Gasteiger partial charge on any atom is 0.323 e. The summed E-state index contributed by atoms with van der Waals surface area (Å²) in [6.45, 7) is 5.98. The van der Waals surface area contributed by atoms with Crippen LogP contribution in [0.4, 0.5) is 0 Å². The Hall–Kier alpha value is -1.14. The molecular weight excluding hydrogens is 248 g/mol. The maximum atomic E-state index is 12.1. The molecule has 0 aliphatic carbocycles. The Morgan fingerprint density at radius 1 is 1.47 bits per heavy atom. The highest BCUT2D eigenvalue weighted by Crippen LogP contribution is 2.21. The Kier molecular flexibility index (Phi) is 5.75. The Labute approximate surface area is 114 Å². The number of aliphatic hydroxyl groups is 1.